The van der Waals surface area contributed by atoms with Gasteiger partial charge in [0, 0.05) is 17.0 Å². The minimum Gasteiger partial charge on any atom is -0.486 e. The van der Waals surface area contributed by atoms with Gasteiger partial charge in [0.25, 0.3) is 0 Å². The fraction of sp³-hybridized carbons (Fsp3) is 0.533. The van der Waals surface area contributed by atoms with Crippen LogP contribution < -0.4 is 9.47 Å². The van der Waals surface area contributed by atoms with Crippen molar-refractivity contribution < 1.29 is 14.3 Å². The summed E-state index contributed by atoms with van der Waals surface area (Å²) in [5, 5.41) is 0.461. The number of carbonyl (C=O) groups excluding carboxylic acids is 1. The molecule has 1 saturated carbocycles. The lowest BCUT2D eigenvalue weighted by atomic mass is 9.81. The van der Waals surface area contributed by atoms with Crippen molar-refractivity contribution in [2.45, 2.75) is 32.6 Å². The topological polar surface area (TPSA) is 35.5 Å². The Kier molecular flexibility index (Phi) is 3.17. The maximum atomic E-state index is 12.7. The second-order valence-corrected chi connectivity index (χ2v) is 5.98. The lowest BCUT2D eigenvalue weighted by Gasteiger charge is -2.24. The molecular weight excluding hydrogens is 264 g/mol. The highest BCUT2D eigenvalue weighted by atomic mass is 35.5. The fourth-order valence-electron chi connectivity index (χ4n) is 2.95. The molecule has 1 aliphatic heterocycles. The molecule has 3 rings (SSSR count). The number of Topliss-reactive ketones (excluding diaryl/α,β-unsaturated/α-hetero) is 1. The van der Waals surface area contributed by atoms with Crippen molar-refractivity contribution in [1.29, 1.82) is 0 Å². The Bertz CT molecular complexity index is 518. The third-order valence-electron chi connectivity index (χ3n) is 4.13. The van der Waals surface area contributed by atoms with Gasteiger partial charge in [-0.3, -0.25) is 4.79 Å². The molecule has 0 amide bonds. The number of fused-ring (bicyclic) bond motifs is 1. The second kappa shape index (κ2) is 4.71. The van der Waals surface area contributed by atoms with E-state index in [1.807, 2.05) is 6.92 Å². The Labute approximate surface area is 117 Å². The largest absolute Gasteiger partial charge is 0.486 e. The minimum absolute atomic E-state index is 0.131. The predicted octanol–water partition coefficient (Wildman–Crippen LogP) is 3.87. The number of rotatable bonds is 2. The molecule has 1 aliphatic carbocycles. The van der Waals surface area contributed by atoms with E-state index in [2.05, 4.69) is 0 Å². The minimum atomic E-state index is -0.270. The summed E-state index contributed by atoms with van der Waals surface area (Å²) < 4.78 is 11.0. The first-order valence-electron chi connectivity index (χ1n) is 6.74. The maximum Gasteiger partial charge on any atom is 0.170 e. The van der Waals surface area contributed by atoms with E-state index in [9.17, 15) is 4.79 Å². The number of benzene rings is 1. The first-order chi connectivity index (χ1) is 9.10. The van der Waals surface area contributed by atoms with E-state index in [0.29, 0.717) is 35.3 Å². The molecule has 2 aliphatic rings. The summed E-state index contributed by atoms with van der Waals surface area (Å²) in [6.07, 6.45) is 4.11. The van der Waals surface area contributed by atoms with Crippen molar-refractivity contribution in [2.75, 3.05) is 13.2 Å². The van der Waals surface area contributed by atoms with Gasteiger partial charge in [-0.25, -0.2) is 0 Å². The van der Waals surface area contributed by atoms with Crippen LogP contribution >= 0.6 is 11.6 Å². The molecule has 1 fully saturated rings. The molecule has 0 unspecified atom stereocenters. The summed E-state index contributed by atoms with van der Waals surface area (Å²) in [5.74, 6) is 1.39. The van der Waals surface area contributed by atoms with E-state index in [1.54, 1.807) is 12.1 Å². The molecule has 1 heterocycles. The van der Waals surface area contributed by atoms with Gasteiger partial charge < -0.3 is 9.47 Å². The first-order valence-corrected chi connectivity index (χ1v) is 7.12. The molecular formula is C15H17ClO3. The number of hydrogen-bond acceptors (Lipinski definition) is 3. The quantitative estimate of drug-likeness (QED) is 0.772. The molecule has 3 nitrogen and oxygen atoms in total. The Morgan fingerprint density at radius 2 is 1.74 bits per heavy atom. The molecule has 102 valence electrons. The van der Waals surface area contributed by atoms with Gasteiger partial charge in [-0.05, 0) is 18.9 Å². The third-order valence-corrected chi connectivity index (χ3v) is 4.44. The van der Waals surface area contributed by atoms with E-state index in [0.717, 1.165) is 25.7 Å². The van der Waals surface area contributed by atoms with Crippen LogP contribution in [-0.2, 0) is 0 Å². The van der Waals surface area contributed by atoms with Crippen molar-refractivity contribution in [2.24, 2.45) is 5.41 Å². The molecule has 1 aromatic rings. The van der Waals surface area contributed by atoms with Crippen LogP contribution in [-0.4, -0.2) is 19.0 Å². The molecule has 0 bridgehead atoms. The van der Waals surface area contributed by atoms with Gasteiger partial charge in [0.15, 0.2) is 17.3 Å². The van der Waals surface area contributed by atoms with Crippen LogP contribution in [0.4, 0.5) is 0 Å². The van der Waals surface area contributed by atoms with Gasteiger partial charge in [0.2, 0.25) is 0 Å². The van der Waals surface area contributed by atoms with Gasteiger partial charge in [-0.2, -0.15) is 0 Å². The molecule has 0 N–H and O–H groups in total. The zero-order valence-electron chi connectivity index (χ0n) is 11.0. The number of ketones is 1. The molecule has 4 heteroatoms. The Morgan fingerprint density at radius 3 is 2.37 bits per heavy atom. The average Bonchev–Trinajstić information content (AvgIpc) is 2.85. The van der Waals surface area contributed by atoms with Crippen molar-refractivity contribution in [3.63, 3.8) is 0 Å². The van der Waals surface area contributed by atoms with Crippen LogP contribution in [0.15, 0.2) is 12.1 Å². The summed E-state index contributed by atoms with van der Waals surface area (Å²) in [6, 6.07) is 3.43. The lowest BCUT2D eigenvalue weighted by Crippen LogP contribution is -2.25. The highest BCUT2D eigenvalue weighted by Crippen LogP contribution is 2.43. The predicted molar refractivity (Wildman–Crippen MR) is 73.3 cm³/mol. The van der Waals surface area contributed by atoms with Crippen molar-refractivity contribution >= 4 is 17.4 Å². The van der Waals surface area contributed by atoms with Crippen LogP contribution in [0.25, 0.3) is 0 Å². The summed E-state index contributed by atoms with van der Waals surface area (Å²) >= 11 is 6.24. The number of carbonyl (C=O) groups is 1. The van der Waals surface area contributed by atoms with E-state index in [4.69, 9.17) is 21.1 Å². The highest BCUT2D eigenvalue weighted by Gasteiger charge is 2.38. The molecule has 0 aromatic heterocycles. The maximum absolute atomic E-state index is 12.7. The van der Waals surface area contributed by atoms with E-state index in [1.165, 1.54) is 0 Å². The molecule has 0 radical (unpaired) electrons. The Morgan fingerprint density at radius 1 is 1.16 bits per heavy atom. The molecule has 0 atom stereocenters. The molecule has 19 heavy (non-hydrogen) atoms. The summed E-state index contributed by atoms with van der Waals surface area (Å²) in [6.45, 7) is 3.07. The number of halogens is 1. The van der Waals surface area contributed by atoms with Crippen LogP contribution in [0.5, 0.6) is 11.5 Å². The van der Waals surface area contributed by atoms with Crippen LogP contribution in [0.3, 0.4) is 0 Å². The molecule has 1 aromatic carbocycles. The summed E-state index contributed by atoms with van der Waals surface area (Å²) in [4.78, 5) is 12.7. The zero-order valence-corrected chi connectivity index (χ0v) is 11.8. The van der Waals surface area contributed by atoms with E-state index < -0.39 is 0 Å². The SMILES string of the molecule is CC1(C(=O)c2cc3c(cc2Cl)OCCO3)CCCC1. The summed E-state index contributed by atoms with van der Waals surface area (Å²) in [7, 11) is 0. The number of ether oxygens (including phenoxy) is 2. The average molecular weight is 281 g/mol. The van der Waals surface area contributed by atoms with Gasteiger partial charge in [0.05, 0.1) is 5.02 Å². The lowest BCUT2D eigenvalue weighted by molar-refractivity contribution is 0.0822. The molecule has 0 saturated heterocycles. The van der Waals surface area contributed by atoms with Gasteiger partial charge in [-0.15, -0.1) is 0 Å². The smallest absolute Gasteiger partial charge is 0.170 e. The highest BCUT2D eigenvalue weighted by molar-refractivity contribution is 6.34. The monoisotopic (exact) mass is 280 g/mol. The van der Waals surface area contributed by atoms with Gasteiger partial charge in [-0.1, -0.05) is 31.4 Å². The van der Waals surface area contributed by atoms with Crippen molar-refractivity contribution in [3.05, 3.63) is 22.7 Å². The fourth-order valence-corrected chi connectivity index (χ4v) is 3.18. The third kappa shape index (κ3) is 2.20. The van der Waals surface area contributed by atoms with Crippen LogP contribution in [0.1, 0.15) is 43.0 Å². The normalized spacial score (nSPS) is 20.3. The molecule has 0 spiro atoms. The number of hydrogen-bond donors (Lipinski definition) is 0. The first kappa shape index (κ1) is 12.8. The van der Waals surface area contributed by atoms with E-state index >= 15 is 0 Å². The van der Waals surface area contributed by atoms with Crippen LogP contribution in [0, 0.1) is 5.41 Å². The van der Waals surface area contributed by atoms with Crippen molar-refractivity contribution in [3.8, 4) is 11.5 Å². The standard InChI is InChI=1S/C15H17ClO3/c1-15(4-2-3-5-15)14(17)10-8-12-13(9-11(10)16)19-7-6-18-12/h8-9H,2-7H2,1H3. The zero-order chi connectivity index (χ0) is 13.5. The van der Waals surface area contributed by atoms with Gasteiger partial charge >= 0.3 is 0 Å². The Balaban J connectivity index is 1.98. The second-order valence-electron chi connectivity index (χ2n) is 5.57. The van der Waals surface area contributed by atoms with Gasteiger partial charge in [0.1, 0.15) is 13.2 Å². The van der Waals surface area contributed by atoms with Crippen molar-refractivity contribution in [1.82, 2.24) is 0 Å². The van der Waals surface area contributed by atoms with E-state index in [-0.39, 0.29) is 11.2 Å². The Hall–Kier alpha value is -1.22. The van der Waals surface area contributed by atoms with Crippen LogP contribution in [0.2, 0.25) is 5.02 Å². The summed E-state index contributed by atoms with van der Waals surface area (Å²) in [5.41, 5.74) is 0.295.